The van der Waals surface area contributed by atoms with Crippen LogP contribution in [0, 0.1) is 19.8 Å². The van der Waals surface area contributed by atoms with Crippen molar-refractivity contribution < 1.29 is 4.79 Å². The van der Waals surface area contributed by atoms with Gasteiger partial charge in [-0.2, -0.15) is 0 Å². The van der Waals surface area contributed by atoms with Gasteiger partial charge >= 0.3 is 0 Å². The molecule has 1 N–H and O–H groups in total. The number of aromatic nitrogens is 2. The molecular formula is C23H27ClN4O. The average Bonchev–Trinajstić information content (AvgIpc) is 2.68. The minimum atomic E-state index is 0. The zero-order valence-electron chi connectivity index (χ0n) is 17.1. The van der Waals surface area contributed by atoms with E-state index in [0.717, 1.165) is 53.9 Å². The van der Waals surface area contributed by atoms with Gasteiger partial charge in [-0.1, -0.05) is 19.1 Å². The van der Waals surface area contributed by atoms with Crippen LogP contribution >= 0.6 is 12.4 Å². The number of aryl methyl sites for hydroxylation is 2. The van der Waals surface area contributed by atoms with Crippen LogP contribution < -0.4 is 5.32 Å². The Morgan fingerprint density at radius 1 is 1.14 bits per heavy atom. The van der Waals surface area contributed by atoms with Crippen molar-refractivity contribution in [1.82, 2.24) is 14.9 Å². The van der Waals surface area contributed by atoms with E-state index in [1.54, 1.807) is 6.20 Å². The highest BCUT2D eigenvalue weighted by atomic mass is 35.5. The van der Waals surface area contributed by atoms with E-state index in [-0.39, 0.29) is 18.3 Å². The monoisotopic (exact) mass is 410 g/mol. The molecule has 2 aromatic heterocycles. The number of anilines is 2. The van der Waals surface area contributed by atoms with Gasteiger partial charge in [-0.15, -0.1) is 12.4 Å². The summed E-state index contributed by atoms with van der Waals surface area (Å²) in [6, 6.07) is 12.1. The highest BCUT2D eigenvalue weighted by molar-refractivity contribution is 6.07. The number of halogens is 1. The molecule has 1 aromatic carbocycles. The molecule has 29 heavy (non-hydrogen) atoms. The van der Waals surface area contributed by atoms with Crippen LogP contribution in [0.25, 0.3) is 11.0 Å². The fraction of sp³-hybridized carbons (Fsp3) is 0.348. The van der Waals surface area contributed by atoms with Crippen molar-refractivity contribution in [3.63, 3.8) is 0 Å². The number of piperidine rings is 1. The van der Waals surface area contributed by atoms with Crippen LogP contribution in [0.5, 0.6) is 0 Å². The summed E-state index contributed by atoms with van der Waals surface area (Å²) < 4.78 is 0. The van der Waals surface area contributed by atoms with E-state index in [0.29, 0.717) is 17.1 Å². The maximum atomic E-state index is 13.3. The molecule has 3 aromatic rings. The van der Waals surface area contributed by atoms with Gasteiger partial charge in [-0.3, -0.25) is 4.79 Å². The van der Waals surface area contributed by atoms with Gasteiger partial charge < -0.3 is 10.2 Å². The number of amides is 1. The quantitative estimate of drug-likeness (QED) is 0.637. The number of nitrogens with zero attached hydrogens (tertiary/aromatic N) is 3. The molecule has 1 amide bonds. The third-order valence-corrected chi connectivity index (χ3v) is 5.46. The second-order valence-electron chi connectivity index (χ2n) is 7.84. The topological polar surface area (TPSA) is 58.1 Å². The van der Waals surface area contributed by atoms with Crippen LogP contribution in [0.15, 0.2) is 42.6 Å². The zero-order valence-corrected chi connectivity index (χ0v) is 17.9. The van der Waals surface area contributed by atoms with E-state index in [1.165, 1.54) is 0 Å². The van der Waals surface area contributed by atoms with Crippen molar-refractivity contribution in [1.29, 1.82) is 0 Å². The number of hydrogen-bond acceptors (Lipinski definition) is 4. The number of fused-ring (bicyclic) bond motifs is 1. The standard InChI is InChI=1S/C23H26N4O.ClH/c1-15-9-11-27(12-10-15)23(28)20-14-24-22-19(8-7-17(3)25-22)21(20)26-18-6-4-5-16(2)13-18;/h4-8,13-15H,9-12H2,1-3H3,(H,24,25,26);1H. The molecule has 1 fully saturated rings. The highest BCUT2D eigenvalue weighted by Crippen LogP contribution is 2.30. The molecule has 152 valence electrons. The lowest BCUT2D eigenvalue weighted by Crippen LogP contribution is -2.38. The lowest BCUT2D eigenvalue weighted by atomic mass is 9.98. The second-order valence-corrected chi connectivity index (χ2v) is 7.84. The first-order valence-electron chi connectivity index (χ1n) is 9.90. The third-order valence-electron chi connectivity index (χ3n) is 5.46. The van der Waals surface area contributed by atoms with Crippen molar-refractivity contribution in [3.8, 4) is 0 Å². The summed E-state index contributed by atoms with van der Waals surface area (Å²) in [6.45, 7) is 7.85. The van der Waals surface area contributed by atoms with Crippen LogP contribution in [0.2, 0.25) is 0 Å². The maximum absolute atomic E-state index is 13.3. The first-order chi connectivity index (χ1) is 13.5. The van der Waals surface area contributed by atoms with Gasteiger partial charge in [-0.25, -0.2) is 9.97 Å². The van der Waals surface area contributed by atoms with Crippen LogP contribution in [-0.2, 0) is 0 Å². The number of benzene rings is 1. The maximum Gasteiger partial charge on any atom is 0.257 e. The predicted octanol–water partition coefficient (Wildman–Crippen LogP) is 5.28. The number of pyridine rings is 2. The number of carbonyl (C=O) groups excluding carboxylic acids is 1. The molecule has 1 aliphatic rings. The van der Waals surface area contributed by atoms with Crippen molar-refractivity contribution in [2.75, 3.05) is 18.4 Å². The molecule has 0 radical (unpaired) electrons. The molecule has 0 spiro atoms. The number of likely N-dealkylation sites (tertiary alicyclic amines) is 1. The van der Waals surface area contributed by atoms with E-state index in [1.807, 2.05) is 36.1 Å². The molecule has 0 aliphatic carbocycles. The predicted molar refractivity (Wildman–Crippen MR) is 120 cm³/mol. The minimum Gasteiger partial charge on any atom is -0.354 e. The van der Waals surface area contributed by atoms with E-state index < -0.39 is 0 Å². The minimum absolute atomic E-state index is 0. The summed E-state index contributed by atoms with van der Waals surface area (Å²) in [6.07, 6.45) is 3.77. The van der Waals surface area contributed by atoms with Gasteiger partial charge in [0.15, 0.2) is 5.65 Å². The lowest BCUT2D eigenvalue weighted by Gasteiger charge is -2.31. The van der Waals surface area contributed by atoms with E-state index in [4.69, 9.17) is 0 Å². The molecule has 4 rings (SSSR count). The first kappa shape index (κ1) is 21.1. The van der Waals surface area contributed by atoms with Crippen LogP contribution in [-0.4, -0.2) is 33.9 Å². The number of rotatable bonds is 3. The van der Waals surface area contributed by atoms with Crippen molar-refractivity contribution in [3.05, 3.63) is 59.4 Å². The van der Waals surface area contributed by atoms with Crippen molar-refractivity contribution in [2.45, 2.75) is 33.6 Å². The molecule has 3 heterocycles. The Morgan fingerprint density at radius 2 is 1.90 bits per heavy atom. The second kappa shape index (κ2) is 8.78. The summed E-state index contributed by atoms with van der Waals surface area (Å²) in [5.74, 6) is 0.716. The van der Waals surface area contributed by atoms with Gasteiger partial charge in [0.25, 0.3) is 5.91 Å². The molecule has 0 bridgehead atoms. The summed E-state index contributed by atoms with van der Waals surface area (Å²) >= 11 is 0. The van der Waals surface area contributed by atoms with E-state index in [9.17, 15) is 4.79 Å². The Hall–Kier alpha value is -2.66. The van der Waals surface area contributed by atoms with Crippen molar-refractivity contribution >= 4 is 40.7 Å². The van der Waals surface area contributed by atoms with E-state index in [2.05, 4.69) is 41.3 Å². The first-order valence-corrected chi connectivity index (χ1v) is 9.90. The SMILES string of the molecule is Cc1cccc(Nc2c(C(=O)N3CCC(C)CC3)cnc3nc(C)ccc23)c1.Cl. The van der Waals surface area contributed by atoms with Gasteiger partial charge in [0.2, 0.25) is 0 Å². The van der Waals surface area contributed by atoms with Gasteiger partial charge in [-0.05, 0) is 62.4 Å². The number of carbonyl (C=O) groups is 1. The Bertz CT molecular complexity index is 1030. The summed E-state index contributed by atoms with van der Waals surface area (Å²) in [4.78, 5) is 24.3. The molecule has 1 saturated heterocycles. The molecule has 0 atom stereocenters. The summed E-state index contributed by atoms with van der Waals surface area (Å²) in [5.41, 5.74) is 5.06. The van der Waals surface area contributed by atoms with Crippen LogP contribution in [0.3, 0.4) is 0 Å². The Kier molecular flexibility index (Phi) is 6.38. The van der Waals surface area contributed by atoms with Gasteiger partial charge in [0.05, 0.1) is 11.3 Å². The highest BCUT2D eigenvalue weighted by Gasteiger charge is 2.25. The Balaban J connectivity index is 0.00000240. The average molecular weight is 411 g/mol. The molecule has 0 saturated carbocycles. The van der Waals surface area contributed by atoms with E-state index >= 15 is 0 Å². The Morgan fingerprint density at radius 3 is 2.62 bits per heavy atom. The van der Waals surface area contributed by atoms with Gasteiger partial charge in [0, 0.05) is 36.1 Å². The molecule has 0 unspecified atom stereocenters. The smallest absolute Gasteiger partial charge is 0.257 e. The van der Waals surface area contributed by atoms with Gasteiger partial charge in [0.1, 0.15) is 0 Å². The molecule has 1 aliphatic heterocycles. The van der Waals surface area contributed by atoms with Crippen LogP contribution in [0.4, 0.5) is 11.4 Å². The third kappa shape index (κ3) is 4.51. The fourth-order valence-corrected chi connectivity index (χ4v) is 3.72. The summed E-state index contributed by atoms with van der Waals surface area (Å²) in [5, 5.41) is 4.34. The number of nitrogens with one attached hydrogen (secondary N) is 1. The fourth-order valence-electron chi connectivity index (χ4n) is 3.72. The molecular weight excluding hydrogens is 384 g/mol. The normalized spacial score (nSPS) is 14.5. The zero-order chi connectivity index (χ0) is 19.7. The summed E-state index contributed by atoms with van der Waals surface area (Å²) in [7, 11) is 0. The van der Waals surface area contributed by atoms with Crippen molar-refractivity contribution in [2.24, 2.45) is 5.92 Å². The van der Waals surface area contributed by atoms with Crippen LogP contribution in [0.1, 0.15) is 41.4 Å². The molecule has 5 nitrogen and oxygen atoms in total. The largest absolute Gasteiger partial charge is 0.354 e. The number of hydrogen-bond donors (Lipinski definition) is 1. The lowest BCUT2D eigenvalue weighted by molar-refractivity contribution is 0.0698. The molecule has 6 heteroatoms. The Labute approximate surface area is 178 Å².